The highest BCUT2D eigenvalue weighted by Crippen LogP contribution is 2.00. The van der Waals surface area contributed by atoms with E-state index in [0.29, 0.717) is 10.8 Å². The van der Waals surface area contributed by atoms with Gasteiger partial charge in [-0.15, -0.1) is 0 Å². The predicted octanol–water partition coefficient (Wildman–Crippen LogP) is -1.70. The van der Waals surface area contributed by atoms with E-state index in [4.69, 9.17) is 5.11 Å². The molecule has 1 unspecified atom stereocenters. The van der Waals surface area contributed by atoms with Gasteiger partial charge in [0.1, 0.15) is 6.04 Å². The van der Waals surface area contributed by atoms with Gasteiger partial charge < -0.3 is 10.4 Å². The Labute approximate surface area is 110 Å². The molecule has 3 N–H and O–H groups in total. The van der Waals surface area contributed by atoms with Gasteiger partial charge in [0, 0.05) is 6.42 Å². The van der Waals surface area contributed by atoms with E-state index in [9.17, 15) is 28.4 Å². The molecule has 0 saturated heterocycles. The molecule has 0 bridgehead atoms. The number of carboxylic acids is 1. The third kappa shape index (κ3) is 3.60. The summed E-state index contributed by atoms with van der Waals surface area (Å²) in [6.45, 7) is 0. The van der Waals surface area contributed by atoms with E-state index < -0.39 is 41.4 Å². The van der Waals surface area contributed by atoms with Crippen molar-refractivity contribution >= 4 is 18.3 Å². The Balaban J connectivity index is 2.84. The van der Waals surface area contributed by atoms with Crippen LogP contribution in [0.1, 0.15) is 17.6 Å². The van der Waals surface area contributed by atoms with Gasteiger partial charge in [-0.3, -0.25) is 19.4 Å². The fraction of sp³-hybridized carbons (Fsp3) is 0.300. The Hall–Kier alpha value is -2.78. The first-order chi connectivity index (χ1) is 9.36. The van der Waals surface area contributed by atoms with Crippen molar-refractivity contribution in [3.05, 3.63) is 32.9 Å². The lowest BCUT2D eigenvalue weighted by atomic mass is 10.1. The zero-order valence-corrected chi connectivity index (χ0v) is 9.96. The number of aromatic amines is 1. The molecule has 0 aliphatic carbocycles. The van der Waals surface area contributed by atoms with E-state index in [-0.39, 0.29) is 12.8 Å². The molecule has 0 radical (unpaired) electrons. The summed E-state index contributed by atoms with van der Waals surface area (Å²) in [5.41, 5.74) is -2.39. The summed E-state index contributed by atoms with van der Waals surface area (Å²) in [5.74, 6) is -3.59. The Morgan fingerprint density at radius 3 is 2.70 bits per heavy atom. The number of hydrogen-bond acceptors (Lipinski definition) is 5. The lowest BCUT2D eigenvalue weighted by molar-refractivity contribution is -0.140. The van der Waals surface area contributed by atoms with Gasteiger partial charge >= 0.3 is 11.7 Å². The van der Waals surface area contributed by atoms with Crippen LogP contribution in [0.4, 0.5) is 4.39 Å². The second kappa shape index (κ2) is 6.41. The molecule has 1 heterocycles. The van der Waals surface area contributed by atoms with Gasteiger partial charge in [0.2, 0.25) is 18.1 Å². The molecule has 9 nitrogen and oxygen atoms in total. The standard InChI is InChI=1S/C10H10FN3O6/c11-5-3-14(10(20)13-8(5)17)7(16)2-1-6(9(18)19)12-4-15/h3-4,6H,1-2H2,(H,12,15)(H,18,19)(H,13,17,20). The molecular weight excluding hydrogens is 277 g/mol. The number of carboxylic acid groups (broad SMARTS) is 1. The molecule has 0 aliphatic heterocycles. The van der Waals surface area contributed by atoms with Crippen LogP contribution >= 0.6 is 0 Å². The SMILES string of the molecule is O=CNC(CCC(=O)n1cc(F)c(=O)[nH]c1=O)C(=O)O. The van der Waals surface area contributed by atoms with Crippen LogP contribution in [0, 0.1) is 5.82 Å². The maximum absolute atomic E-state index is 13.0. The van der Waals surface area contributed by atoms with Crippen LogP contribution in [-0.4, -0.2) is 39.0 Å². The first-order valence-corrected chi connectivity index (χ1v) is 5.34. The summed E-state index contributed by atoms with van der Waals surface area (Å²) in [7, 11) is 0. The van der Waals surface area contributed by atoms with Crippen LogP contribution in [0.25, 0.3) is 0 Å². The highest BCUT2D eigenvalue weighted by molar-refractivity contribution is 5.81. The fourth-order valence-corrected chi connectivity index (χ4v) is 1.38. The van der Waals surface area contributed by atoms with E-state index in [2.05, 4.69) is 0 Å². The number of aliphatic carboxylic acids is 1. The number of carbonyl (C=O) groups is 3. The summed E-state index contributed by atoms with van der Waals surface area (Å²) in [5, 5.41) is 10.7. The average Bonchev–Trinajstić information content (AvgIpc) is 2.38. The molecule has 1 rings (SSSR count). The largest absolute Gasteiger partial charge is 0.480 e. The maximum Gasteiger partial charge on any atom is 0.335 e. The van der Waals surface area contributed by atoms with E-state index in [0.717, 1.165) is 0 Å². The van der Waals surface area contributed by atoms with E-state index in [1.807, 2.05) is 5.32 Å². The number of hydrogen-bond donors (Lipinski definition) is 3. The second-order valence-corrected chi connectivity index (χ2v) is 3.71. The number of nitrogens with one attached hydrogen (secondary N) is 2. The van der Waals surface area contributed by atoms with Gasteiger partial charge in [0.25, 0.3) is 5.56 Å². The third-order valence-electron chi connectivity index (χ3n) is 2.38. The van der Waals surface area contributed by atoms with Gasteiger partial charge in [-0.05, 0) is 6.42 Å². The van der Waals surface area contributed by atoms with Crippen molar-refractivity contribution in [2.75, 3.05) is 0 Å². The minimum absolute atomic E-state index is 0.162. The zero-order chi connectivity index (χ0) is 15.3. The average molecular weight is 287 g/mol. The molecule has 10 heteroatoms. The smallest absolute Gasteiger partial charge is 0.335 e. The molecule has 1 atom stereocenters. The quantitative estimate of drug-likeness (QED) is 0.533. The maximum atomic E-state index is 13.0. The predicted molar refractivity (Wildman–Crippen MR) is 61.8 cm³/mol. The van der Waals surface area contributed by atoms with Crippen molar-refractivity contribution < 1.29 is 23.9 Å². The van der Waals surface area contributed by atoms with E-state index >= 15 is 0 Å². The number of H-pyrrole nitrogens is 1. The summed E-state index contributed by atoms with van der Waals surface area (Å²) in [6.07, 6.45) is -0.148. The summed E-state index contributed by atoms with van der Waals surface area (Å²) in [4.78, 5) is 56.1. The van der Waals surface area contributed by atoms with Gasteiger partial charge in [-0.25, -0.2) is 14.2 Å². The third-order valence-corrected chi connectivity index (χ3v) is 2.38. The molecule has 0 aromatic carbocycles. The van der Waals surface area contributed by atoms with Crippen molar-refractivity contribution in [2.24, 2.45) is 0 Å². The molecule has 1 amide bonds. The van der Waals surface area contributed by atoms with Crippen molar-refractivity contribution in [2.45, 2.75) is 18.9 Å². The summed E-state index contributed by atoms with van der Waals surface area (Å²) < 4.78 is 13.3. The molecule has 0 saturated carbocycles. The molecule has 20 heavy (non-hydrogen) atoms. The van der Waals surface area contributed by atoms with Crippen LogP contribution in [0.3, 0.4) is 0 Å². The highest BCUT2D eigenvalue weighted by Gasteiger charge is 2.19. The van der Waals surface area contributed by atoms with Crippen LogP contribution in [0.15, 0.2) is 15.8 Å². The number of rotatable bonds is 6. The Bertz CT molecular complexity index is 649. The zero-order valence-electron chi connectivity index (χ0n) is 9.96. The number of carbonyl (C=O) groups excluding carboxylic acids is 2. The summed E-state index contributed by atoms with van der Waals surface area (Å²) >= 11 is 0. The lowest BCUT2D eigenvalue weighted by Gasteiger charge is -2.10. The normalized spacial score (nSPS) is 11.7. The first-order valence-electron chi connectivity index (χ1n) is 5.34. The lowest BCUT2D eigenvalue weighted by Crippen LogP contribution is -2.38. The fourth-order valence-electron chi connectivity index (χ4n) is 1.38. The number of nitrogens with zero attached hydrogens (tertiary/aromatic N) is 1. The van der Waals surface area contributed by atoms with Gasteiger partial charge in [-0.2, -0.15) is 4.39 Å². The minimum Gasteiger partial charge on any atom is -0.480 e. The van der Waals surface area contributed by atoms with E-state index in [1.165, 1.54) is 0 Å². The monoisotopic (exact) mass is 287 g/mol. The van der Waals surface area contributed by atoms with Gasteiger partial charge in [-0.1, -0.05) is 0 Å². The molecule has 0 spiro atoms. The van der Waals surface area contributed by atoms with Crippen LogP contribution in [0.2, 0.25) is 0 Å². The molecule has 0 fully saturated rings. The highest BCUT2D eigenvalue weighted by atomic mass is 19.1. The molecule has 108 valence electrons. The number of aromatic nitrogens is 2. The first kappa shape index (κ1) is 15.3. The van der Waals surface area contributed by atoms with Crippen LogP contribution < -0.4 is 16.6 Å². The van der Waals surface area contributed by atoms with Gasteiger partial charge in [0.05, 0.1) is 6.20 Å². The summed E-state index contributed by atoms with van der Waals surface area (Å²) in [6, 6.07) is -1.31. The van der Waals surface area contributed by atoms with E-state index in [1.54, 1.807) is 4.98 Å². The van der Waals surface area contributed by atoms with Crippen molar-refractivity contribution in [1.29, 1.82) is 0 Å². The number of halogens is 1. The minimum atomic E-state index is -1.36. The van der Waals surface area contributed by atoms with Crippen LogP contribution in [-0.2, 0) is 9.59 Å². The molecular formula is C10H10FN3O6. The number of amides is 1. The Morgan fingerprint density at radius 2 is 2.15 bits per heavy atom. The van der Waals surface area contributed by atoms with Crippen molar-refractivity contribution in [3.63, 3.8) is 0 Å². The molecule has 0 aliphatic rings. The second-order valence-electron chi connectivity index (χ2n) is 3.71. The van der Waals surface area contributed by atoms with Crippen molar-refractivity contribution in [3.8, 4) is 0 Å². The van der Waals surface area contributed by atoms with Gasteiger partial charge in [0.15, 0.2) is 0 Å². The van der Waals surface area contributed by atoms with Crippen molar-refractivity contribution in [1.82, 2.24) is 14.9 Å². The molecule has 1 aromatic heterocycles. The molecule has 1 aromatic rings. The van der Waals surface area contributed by atoms with Crippen LogP contribution in [0.5, 0.6) is 0 Å². The Kier molecular flexibility index (Phi) is 4.89. The Morgan fingerprint density at radius 1 is 1.50 bits per heavy atom. The topological polar surface area (TPSA) is 138 Å².